The third kappa shape index (κ3) is 41.9. The molecule has 0 spiro atoms. The molecule has 9 nitrogen and oxygen atoms in total. The standard InChI is InChI=1S/C49H91NO8/c1-6-8-10-12-14-16-17-18-19-20-21-22-23-24-25-26-27-28-29-30-31-32-34-36-38-40-47(52)58-45(44-57-49(48(53)54)55-42-41-50(3,4)5)43-56-46(51)39-37-35-33-15-13-11-9-7-2/h17-18,20-21,45,49H,6-16,19,22-44H2,1-5H3/b18-17-,21-20-. The van der Waals surface area contributed by atoms with Crippen LogP contribution in [-0.2, 0) is 33.3 Å². The Bertz CT molecular complexity index is 1010. The van der Waals surface area contributed by atoms with Crippen molar-refractivity contribution >= 4 is 17.9 Å². The van der Waals surface area contributed by atoms with Gasteiger partial charge in [0.05, 0.1) is 40.3 Å². The Kier molecular flexibility index (Phi) is 39.9. The van der Waals surface area contributed by atoms with Gasteiger partial charge >= 0.3 is 11.9 Å². The fourth-order valence-electron chi connectivity index (χ4n) is 6.68. The fourth-order valence-corrected chi connectivity index (χ4v) is 6.68. The van der Waals surface area contributed by atoms with Gasteiger partial charge in [0.15, 0.2) is 12.4 Å². The molecule has 0 aromatic heterocycles. The van der Waals surface area contributed by atoms with Crippen LogP contribution in [-0.4, -0.2) is 82.3 Å². The molecule has 9 heteroatoms. The van der Waals surface area contributed by atoms with Gasteiger partial charge in [-0.25, -0.2) is 0 Å². The predicted molar refractivity (Wildman–Crippen MR) is 237 cm³/mol. The topological polar surface area (TPSA) is 111 Å². The molecule has 0 saturated heterocycles. The van der Waals surface area contributed by atoms with Gasteiger partial charge in [-0.2, -0.15) is 0 Å². The number of allylic oxidation sites excluding steroid dienone is 4. The maximum absolute atomic E-state index is 12.7. The molecule has 340 valence electrons. The first-order valence-electron chi connectivity index (χ1n) is 24.0. The number of aliphatic carboxylic acids is 1. The Labute approximate surface area is 357 Å². The van der Waals surface area contributed by atoms with E-state index in [0.717, 1.165) is 38.5 Å². The second kappa shape index (κ2) is 41.5. The van der Waals surface area contributed by atoms with Crippen LogP contribution in [0.3, 0.4) is 0 Å². The predicted octanol–water partition coefficient (Wildman–Crippen LogP) is 11.5. The quantitative estimate of drug-likeness (QED) is 0.0196. The van der Waals surface area contributed by atoms with E-state index in [4.69, 9.17) is 18.9 Å². The monoisotopic (exact) mass is 822 g/mol. The van der Waals surface area contributed by atoms with Crippen LogP contribution in [0.5, 0.6) is 0 Å². The highest BCUT2D eigenvalue weighted by molar-refractivity contribution is 5.70. The molecule has 0 rings (SSSR count). The van der Waals surface area contributed by atoms with E-state index in [0.29, 0.717) is 23.9 Å². The Hall–Kier alpha value is -2.23. The lowest BCUT2D eigenvalue weighted by atomic mass is 10.0. The Morgan fingerprint density at radius 2 is 0.931 bits per heavy atom. The van der Waals surface area contributed by atoms with Crippen molar-refractivity contribution in [2.24, 2.45) is 0 Å². The van der Waals surface area contributed by atoms with Gasteiger partial charge in [-0.15, -0.1) is 0 Å². The van der Waals surface area contributed by atoms with Crippen molar-refractivity contribution in [3.05, 3.63) is 24.3 Å². The zero-order valence-corrected chi connectivity index (χ0v) is 38.4. The number of carboxylic acids is 1. The van der Waals surface area contributed by atoms with Gasteiger partial charge < -0.3 is 33.3 Å². The first kappa shape index (κ1) is 55.8. The highest BCUT2D eigenvalue weighted by Gasteiger charge is 2.21. The number of hydrogen-bond donors (Lipinski definition) is 0. The van der Waals surface area contributed by atoms with E-state index >= 15 is 0 Å². The van der Waals surface area contributed by atoms with Crippen LogP contribution in [0.4, 0.5) is 0 Å². The molecular formula is C49H91NO8. The van der Waals surface area contributed by atoms with Crippen molar-refractivity contribution in [1.29, 1.82) is 0 Å². The number of carbonyl (C=O) groups excluding carboxylic acids is 3. The molecule has 0 saturated carbocycles. The maximum Gasteiger partial charge on any atom is 0.306 e. The minimum Gasteiger partial charge on any atom is -0.545 e. The molecule has 2 atom stereocenters. The lowest BCUT2D eigenvalue weighted by Crippen LogP contribution is -2.44. The summed E-state index contributed by atoms with van der Waals surface area (Å²) in [5, 5.41) is 11.7. The zero-order valence-electron chi connectivity index (χ0n) is 38.4. The van der Waals surface area contributed by atoms with Crippen LogP contribution in [0.25, 0.3) is 0 Å². The van der Waals surface area contributed by atoms with Crippen molar-refractivity contribution in [3.8, 4) is 0 Å². The number of carbonyl (C=O) groups is 3. The molecule has 0 aromatic carbocycles. The molecule has 0 aliphatic rings. The Morgan fingerprint density at radius 3 is 1.36 bits per heavy atom. The summed E-state index contributed by atoms with van der Waals surface area (Å²) in [4.78, 5) is 36.9. The van der Waals surface area contributed by atoms with E-state index in [2.05, 4.69) is 38.2 Å². The minimum absolute atomic E-state index is 0.150. The number of quaternary nitrogens is 1. The lowest BCUT2D eigenvalue weighted by Gasteiger charge is -2.26. The number of carboxylic acid groups (broad SMARTS) is 1. The number of likely N-dealkylation sites (N-methyl/N-ethyl adjacent to an activating group) is 1. The summed E-state index contributed by atoms with van der Waals surface area (Å²) >= 11 is 0. The lowest BCUT2D eigenvalue weighted by molar-refractivity contribution is -0.870. The third-order valence-corrected chi connectivity index (χ3v) is 10.5. The van der Waals surface area contributed by atoms with Crippen LogP contribution in [0.1, 0.15) is 213 Å². The summed E-state index contributed by atoms with van der Waals surface area (Å²) in [6.45, 7) is 4.71. The maximum atomic E-state index is 12.7. The molecule has 58 heavy (non-hydrogen) atoms. The third-order valence-electron chi connectivity index (χ3n) is 10.5. The van der Waals surface area contributed by atoms with Gasteiger partial charge in [0.1, 0.15) is 13.2 Å². The molecule has 0 N–H and O–H groups in total. The summed E-state index contributed by atoms with van der Waals surface area (Å²) in [5.41, 5.74) is 0. The second-order valence-corrected chi connectivity index (χ2v) is 17.4. The molecule has 0 radical (unpaired) electrons. The number of hydrogen-bond acceptors (Lipinski definition) is 8. The van der Waals surface area contributed by atoms with Crippen LogP contribution >= 0.6 is 0 Å². The van der Waals surface area contributed by atoms with Crippen LogP contribution < -0.4 is 5.11 Å². The van der Waals surface area contributed by atoms with Gasteiger partial charge in [0, 0.05) is 12.8 Å². The van der Waals surface area contributed by atoms with Crippen molar-refractivity contribution < 1.29 is 42.9 Å². The van der Waals surface area contributed by atoms with E-state index in [-0.39, 0.29) is 32.2 Å². The average molecular weight is 822 g/mol. The van der Waals surface area contributed by atoms with Gasteiger partial charge in [-0.1, -0.05) is 179 Å². The van der Waals surface area contributed by atoms with Crippen LogP contribution in [0, 0.1) is 0 Å². The summed E-state index contributed by atoms with van der Waals surface area (Å²) < 4.78 is 22.5. The summed E-state index contributed by atoms with van der Waals surface area (Å²) in [7, 11) is 5.91. The summed E-state index contributed by atoms with van der Waals surface area (Å²) in [5.74, 6) is -2.28. The number of rotatable bonds is 44. The Morgan fingerprint density at radius 1 is 0.517 bits per heavy atom. The van der Waals surface area contributed by atoms with Crippen molar-refractivity contribution in [1.82, 2.24) is 0 Å². The molecular weight excluding hydrogens is 731 g/mol. The highest BCUT2D eigenvalue weighted by atomic mass is 16.7. The number of nitrogens with zero attached hydrogens (tertiary/aromatic N) is 1. The number of esters is 2. The minimum atomic E-state index is -1.62. The Balaban J connectivity index is 4.18. The van der Waals surface area contributed by atoms with Crippen molar-refractivity contribution in [3.63, 3.8) is 0 Å². The second-order valence-electron chi connectivity index (χ2n) is 17.4. The van der Waals surface area contributed by atoms with Gasteiger partial charge in [0.25, 0.3) is 0 Å². The van der Waals surface area contributed by atoms with Gasteiger partial charge in [-0.3, -0.25) is 9.59 Å². The van der Waals surface area contributed by atoms with Gasteiger partial charge in [-0.05, 0) is 44.9 Å². The van der Waals surface area contributed by atoms with Crippen LogP contribution in [0.15, 0.2) is 24.3 Å². The van der Waals surface area contributed by atoms with E-state index < -0.39 is 24.3 Å². The number of ether oxygens (including phenoxy) is 4. The van der Waals surface area contributed by atoms with Crippen molar-refractivity contribution in [2.45, 2.75) is 225 Å². The molecule has 0 fully saturated rings. The van der Waals surface area contributed by atoms with E-state index in [1.54, 1.807) is 0 Å². The molecule has 0 heterocycles. The number of unbranched alkanes of at least 4 members (excludes halogenated alkanes) is 25. The average Bonchev–Trinajstić information content (AvgIpc) is 3.18. The van der Waals surface area contributed by atoms with Gasteiger partial charge in [0.2, 0.25) is 0 Å². The highest BCUT2D eigenvalue weighted by Crippen LogP contribution is 2.15. The fraction of sp³-hybridized carbons (Fsp3) is 0.857. The van der Waals surface area contributed by atoms with E-state index in [1.807, 2.05) is 21.1 Å². The summed E-state index contributed by atoms with van der Waals surface area (Å²) in [6, 6.07) is 0. The summed E-state index contributed by atoms with van der Waals surface area (Å²) in [6.07, 6.45) is 42.3. The molecule has 0 aromatic rings. The van der Waals surface area contributed by atoms with Crippen molar-refractivity contribution in [2.75, 3.05) is 47.5 Å². The first-order valence-corrected chi connectivity index (χ1v) is 24.0. The molecule has 0 aliphatic heterocycles. The smallest absolute Gasteiger partial charge is 0.306 e. The molecule has 2 unspecified atom stereocenters. The molecule has 0 amide bonds. The SMILES string of the molecule is CCCCCCC/C=C\C/C=C\CCCCCCCCCCCCCCCC(=O)OC(COC(=O)CCCCCCCCCC)COC(OCC[N+](C)(C)C)C(=O)[O-]. The first-order chi connectivity index (χ1) is 28.1. The van der Waals surface area contributed by atoms with Crippen LogP contribution in [0.2, 0.25) is 0 Å². The largest absolute Gasteiger partial charge is 0.545 e. The zero-order chi connectivity index (χ0) is 42.8. The normalized spacial score (nSPS) is 13.1. The molecule has 0 bridgehead atoms. The van der Waals surface area contributed by atoms with E-state index in [1.165, 1.54) is 141 Å². The van der Waals surface area contributed by atoms with E-state index in [9.17, 15) is 19.5 Å². The molecule has 0 aliphatic carbocycles.